The molecule has 1 saturated carbocycles. The average molecular weight is 564 g/mol. The highest BCUT2D eigenvalue weighted by molar-refractivity contribution is 14.0. The molecule has 1 amide bonds. The number of guanidine groups is 1. The summed E-state index contributed by atoms with van der Waals surface area (Å²) in [7, 11) is 3.42. The van der Waals surface area contributed by atoms with E-state index in [0.29, 0.717) is 25.5 Å². The highest BCUT2D eigenvalue weighted by Crippen LogP contribution is 2.35. The van der Waals surface area contributed by atoms with Gasteiger partial charge in [-0.25, -0.2) is 0 Å². The van der Waals surface area contributed by atoms with Crippen molar-refractivity contribution in [1.82, 2.24) is 10.6 Å². The third-order valence-electron chi connectivity index (χ3n) is 6.16. The van der Waals surface area contributed by atoms with Crippen LogP contribution in [0.4, 0.5) is 5.69 Å². The number of amides is 1. The number of aliphatic imine (C=N–C) groups is 1. The summed E-state index contributed by atoms with van der Waals surface area (Å²) in [5.74, 6) is 2.38. The van der Waals surface area contributed by atoms with Crippen molar-refractivity contribution in [2.24, 2.45) is 4.99 Å². The van der Waals surface area contributed by atoms with Gasteiger partial charge < -0.3 is 25.4 Å². The van der Waals surface area contributed by atoms with Crippen molar-refractivity contribution in [3.05, 3.63) is 53.6 Å². The summed E-state index contributed by atoms with van der Waals surface area (Å²) in [5.41, 5.74) is 3.07. The van der Waals surface area contributed by atoms with Gasteiger partial charge in [-0.2, -0.15) is 0 Å². The van der Waals surface area contributed by atoms with Crippen LogP contribution in [0.25, 0.3) is 0 Å². The Labute approximate surface area is 212 Å². The van der Waals surface area contributed by atoms with Gasteiger partial charge in [-0.15, -0.1) is 24.0 Å². The average Bonchev–Trinajstić information content (AvgIpc) is 3.33. The van der Waals surface area contributed by atoms with Crippen molar-refractivity contribution in [2.45, 2.75) is 50.7 Å². The van der Waals surface area contributed by atoms with E-state index in [4.69, 9.17) is 9.47 Å². The molecule has 33 heavy (non-hydrogen) atoms. The van der Waals surface area contributed by atoms with Crippen molar-refractivity contribution in [1.29, 1.82) is 0 Å². The first-order valence-electron chi connectivity index (χ1n) is 11.3. The molecule has 0 radical (unpaired) electrons. The molecule has 1 heterocycles. The number of fused-ring (bicyclic) bond motifs is 1. The lowest BCUT2D eigenvalue weighted by molar-refractivity contribution is -0.116. The van der Waals surface area contributed by atoms with Crippen LogP contribution in [0.3, 0.4) is 0 Å². The molecule has 0 saturated heterocycles. The molecule has 8 heteroatoms. The Morgan fingerprint density at radius 1 is 1.12 bits per heavy atom. The Morgan fingerprint density at radius 2 is 1.91 bits per heavy atom. The molecule has 1 aliphatic heterocycles. The van der Waals surface area contributed by atoms with Crippen molar-refractivity contribution >= 4 is 41.5 Å². The fourth-order valence-corrected chi connectivity index (χ4v) is 4.47. The number of methoxy groups -OCH3 is 1. The van der Waals surface area contributed by atoms with E-state index < -0.39 is 0 Å². The summed E-state index contributed by atoms with van der Waals surface area (Å²) in [4.78, 5) is 16.5. The minimum absolute atomic E-state index is 0. The molecule has 0 bridgehead atoms. The molecule has 178 valence electrons. The molecule has 2 aromatic rings. The van der Waals surface area contributed by atoms with Gasteiger partial charge >= 0.3 is 0 Å². The molecule has 1 fully saturated rings. The molecular formula is C25H33IN4O3. The van der Waals surface area contributed by atoms with E-state index in [2.05, 4.69) is 33.1 Å². The van der Waals surface area contributed by atoms with Crippen LogP contribution in [-0.2, 0) is 11.3 Å². The van der Waals surface area contributed by atoms with Gasteiger partial charge in [-0.1, -0.05) is 30.3 Å². The Bertz CT molecular complexity index is 976. The first-order valence-corrected chi connectivity index (χ1v) is 11.3. The zero-order valence-corrected chi connectivity index (χ0v) is 21.6. The highest BCUT2D eigenvalue weighted by Gasteiger charge is 2.25. The molecule has 1 aliphatic carbocycles. The van der Waals surface area contributed by atoms with Gasteiger partial charge in [-0.05, 0) is 43.4 Å². The van der Waals surface area contributed by atoms with Gasteiger partial charge in [0.05, 0.1) is 13.2 Å². The zero-order chi connectivity index (χ0) is 22.3. The second kappa shape index (κ2) is 12.1. The van der Waals surface area contributed by atoms with Crippen LogP contribution in [0.1, 0.15) is 49.1 Å². The van der Waals surface area contributed by atoms with E-state index in [1.54, 1.807) is 14.2 Å². The third-order valence-corrected chi connectivity index (χ3v) is 6.16. The lowest BCUT2D eigenvalue weighted by Crippen LogP contribution is -2.40. The number of ether oxygens (including phenoxy) is 2. The lowest BCUT2D eigenvalue weighted by atomic mass is 9.90. The van der Waals surface area contributed by atoms with Crippen LogP contribution in [0.2, 0.25) is 0 Å². The number of rotatable bonds is 7. The minimum Gasteiger partial charge on any atom is -0.493 e. The molecule has 1 unspecified atom stereocenters. The summed E-state index contributed by atoms with van der Waals surface area (Å²) in [6, 6.07) is 13.9. The normalized spacial score (nSPS) is 18.1. The summed E-state index contributed by atoms with van der Waals surface area (Å²) in [6.45, 7) is 1.17. The molecule has 2 aromatic carbocycles. The number of anilines is 1. The maximum atomic E-state index is 12.1. The number of para-hydroxylation sites is 2. The molecule has 2 aliphatic rings. The number of benzene rings is 2. The Balaban J connectivity index is 0.00000306. The first-order chi connectivity index (χ1) is 15.7. The molecule has 4 rings (SSSR count). The van der Waals surface area contributed by atoms with Crippen molar-refractivity contribution in [3.8, 4) is 11.5 Å². The standard InChI is InChI=1S/C25H32N4O3.HI/c1-26-25(28-16-18-14-23(30)29-21-12-6-5-11-20(18)21)27-15-17-8-7-13-22(31-2)24(17)32-19-9-3-4-10-19;/h5-8,11-13,18-19H,3-4,9-10,14-16H2,1-2H3,(H,29,30)(H2,26,27,28);1H. The maximum Gasteiger partial charge on any atom is 0.225 e. The van der Waals surface area contributed by atoms with Crippen molar-refractivity contribution in [2.75, 3.05) is 26.0 Å². The van der Waals surface area contributed by atoms with Crippen LogP contribution in [0.5, 0.6) is 11.5 Å². The molecule has 7 nitrogen and oxygen atoms in total. The van der Waals surface area contributed by atoms with Gasteiger partial charge in [0.15, 0.2) is 17.5 Å². The fraction of sp³-hybridized carbons (Fsp3) is 0.440. The Morgan fingerprint density at radius 3 is 2.67 bits per heavy atom. The number of hydrogen-bond acceptors (Lipinski definition) is 4. The number of hydrogen-bond donors (Lipinski definition) is 3. The monoisotopic (exact) mass is 564 g/mol. The SMILES string of the molecule is CN=C(NCc1cccc(OC)c1OC1CCCC1)NCC1CC(=O)Nc2ccccc21.I. The van der Waals surface area contributed by atoms with Gasteiger partial charge in [-0.3, -0.25) is 9.79 Å². The summed E-state index contributed by atoms with van der Waals surface area (Å²) < 4.78 is 11.9. The van der Waals surface area contributed by atoms with Crippen LogP contribution in [0.15, 0.2) is 47.5 Å². The first kappa shape index (κ1) is 25.1. The zero-order valence-electron chi connectivity index (χ0n) is 19.2. The summed E-state index contributed by atoms with van der Waals surface area (Å²) in [6.07, 6.45) is 5.31. The topological polar surface area (TPSA) is 84.0 Å². The van der Waals surface area contributed by atoms with Crippen LogP contribution in [0, 0.1) is 0 Å². The van der Waals surface area contributed by atoms with E-state index >= 15 is 0 Å². The van der Waals surface area contributed by atoms with Gasteiger partial charge in [0, 0.05) is 43.7 Å². The van der Waals surface area contributed by atoms with Crippen LogP contribution in [-0.4, -0.2) is 38.7 Å². The Hall–Kier alpha value is -2.49. The van der Waals surface area contributed by atoms with Gasteiger partial charge in [0.2, 0.25) is 5.91 Å². The van der Waals surface area contributed by atoms with E-state index in [-0.39, 0.29) is 41.9 Å². The molecule has 3 N–H and O–H groups in total. The Kier molecular flexibility index (Phi) is 9.22. The predicted molar refractivity (Wildman–Crippen MR) is 142 cm³/mol. The third kappa shape index (κ3) is 6.31. The molecule has 0 aromatic heterocycles. The van der Waals surface area contributed by atoms with Crippen molar-refractivity contribution < 1.29 is 14.3 Å². The number of halogens is 1. The predicted octanol–water partition coefficient (Wildman–Crippen LogP) is 4.43. The van der Waals surface area contributed by atoms with E-state index in [0.717, 1.165) is 41.2 Å². The lowest BCUT2D eigenvalue weighted by Gasteiger charge is -2.26. The van der Waals surface area contributed by atoms with Crippen LogP contribution < -0.4 is 25.4 Å². The van der Waals surface area contributed by atoms with Crippen LogP contribution >= 0.6 is 24.0 Å². The number of nitrogens with zero attached hydrogens (tertiary/aromatic N) is 1. The smallest absolute Gasteiger partial charge is 0.225 e. The second-order valence-corrected chi connectivity index (χ2v) is 8.32. The highest BCUT2D eigenvalue weighted by atomic mass is 127. The van der Waals surface area contributed by atoms with Gasteiger partial charge in [0.1, 0.15) is 0 Å². The van der Waals surface area contributed by atoms with Gasteiger partial charge in [0.25, 0.3) is 0 Å². The summed E-state index contributed by atoms with van der Waals surface area (Å²) in [5, 5.41) is 9.71. The van der Waals surface area contributed by atoms with E-state index in [1.807, 2.05) is 30.3 Å². The minimum atomic E-state index is 0. The number of carbonyl (C=O) groups is 1. The largest absolute Gasteiger partial charge is 0.493 e. The fourth-order valence-electron chi connectivity index (χ4n) is 4.47. The second-order valence-electron chi connectivity index (χ2n) is 8.32. The molecule has 1 atom stereocenters. The number of nitrogens with one attached hydrogen (secondary N) is 3. The van der Waals surface area contributed by atoms with E-state index in [1.165, 1.54) is 12.8 Å². The molecule has 0 spiro atoms. The molecular weight excluding hydrogens is 531 g/mol. The number of carbonyl (C=O) groups excluding carboxylic acids is 1. The van der Waals surface area contributed by atoms with E-state index in [9.17, 15) is 4.79 Å². The van der Waals surface area contributed by atoms with Crippen molar-refractivity contribution in [3.63, 3.8) is 0 Å². The summed E-state index contributed by atoms with van der Waals surface area (Å²) >= 11 is 0. The maximum absolute atomic E-state index is 12.1. The quantitative estimate of drug-likeness (QED) is 0.264.